The minimum Gasteiger partial charge on any atom is -0.392 e. The van der Waals surface area contributed by atoms with E-state index in [1.54, 1.807) is 6.08 Å². The number of aliphatic hydroxyl groups is 1. The molecule has 154 valence electrons. The summed E-state index contributed by atoms with van der Waals surface area (Å²) in [5, 5.41) is 8.32. The second-order valence-electron chi connectivity index (χ2n) is 5.75. The molecule has 0 saturated heterocycles. The third kappa shape index (κ3) is 45.4. The smallest absolute Gasteiger partial charge is 0.142 e. The molecule has 0 rings (SSSR count). The highest BCUT2D eigenvalue weighted by atomic mass is 16.2. The quantitative estimate of drug-likeness (QED) is 0.149. The van der Waals surface area contributed by atoms with Crippen molar-refractivity contribution in [3.63, 3.8) is 0 Å². The Balaban J connectivity index is -0.000000320. The molecule has 0 amide bonds. The molecule has 0 unspecified atom stereocenters. The Morgan fingerprint density at radius 2 is 1.11 bits per heavy atom. The predicted octanol–water partition coefficient (Wildman–Crippen LogP) is 6.31. The highest BCUT2D eigenvalue weighted by Gasteiger charge is 1.84. The molecule has 27 heavy (non-hydrogen) atoms. The second-order valence-corrected chi connectivity index (χ2v) is 5.75. The van der Waals surface area contributed by atoms with E-state index in [4.69, 9.17) is 5.11 Å². The van der Waals surface area contributed by atoms with Crippen LogP contribution in [0.4, 0.5) is 0 Å². The first-order valence-corrected chi connectivity index (χ1v) is 9.87. The third-order valence-corrected chi connectivity index (χ3v) is 3.28. The number of hydrogen-bond acceptors (Lipinski definition) is 3. The topological polar surface area (TPSA) is 54.4 Å². The fourth-order valence-corrected chi connectivity index (χ4v) is 1.80. The van der Waals surface area contributed by atoms with Gasteiger partial charge >= 0.3 is 0 Å². The van der Waals surface area contributed by atoms with Crippen LogP contribution >= 0.6 is 0 Å². The van der Waals surface area contributed by atoms with Gasteiger partial charge in [-0.2, -0.15) is 0 Å². The van der Waals surface area contributed by atoms with E-state index in [-0.39, 0.29) is 6.61 Å². The SMILES string of the molecule is C=CCCCC=CC=O.C=CCCCC=CCO.C=CCCCCCC=O. The van der Waals surface area contributed by atoms with Gasteiger partial charge in [-0.15, -0.1) is 19.7 Å². The van der Waals surface area contributed by atoms with Crippen molar-refractivity contribution < 1.29 is 14.7 Å². The summed E-state index contributed by atoms with van der Waals surface area (Å²) < 4.78 is 0. The zero-order valence-electron chi connectivity index (χ0n) is 17.1. The molecule has 0 atom stereocenters. The van der Waals surface area contributed by atoms with Crippen molar-refractivity contribution in [2.45, 2.75) is 70.6 Å². The van der Waals surface area contributed by atoms with Gasteiger partial charge in [0.15, 0.2) is 0 Å². The number of allylic oxidation sites excluding steroid dienone is 6. The average Bonchev–Trinajstić information content (AvgIpc) is 2.69. The van der Waals surface area contributed by atoms with Gasteiger partial charge in [0.05, 0.1) is 6.61 Å². The van der Waals surface area contributed by atoms with Gasteiger partial charge in [-0.05, 0) is 63.9 Å². The monoisotopic (exact) mass is 376 g/mol. The van der Waals surface area contributed by atoms with Gasteiger partial charge in [-0.3, -0.25) is 4.79 Å². The van der Waals surface area contributed by atoms with Crippen molar-refractivity contribution in [3.05, 3.63) is 62.3 Å². The van der Waals surface area contributed by atoms with Crippen LogP contribution in [0, 0.1) is 0 Å². The van der Waals surface area contributed by atoms with Gasteiger partial charge in [-0.1, -0.05) is 42.9 Å². The molecule has 3 nitrogen and oxygen atoms in total. The molecule has 0 spiro atoms. The Kier molecular flexibility index (Phi) is 38.8. The van der Waals surface area contributed by atoms with E-state index in [0.29, 0.717) is 0 Å². The maximum absolute atomic E-state index is 9.82. The molecule has 0 aromatic carbocycles. The van der Waals surface area contributed by atoms with Gasteiger partial charge in [-0.25, -0.2) is 0 Å². The normalized spacial score (nSPS) is 9.67. The Bertz CT molecular complexity index is 371. The third-order valence-electron chi connectivity index (χ3n) is 3.28. The number of unbranched alkanes of at least 4 members (excludes halogenated alkanes) is 8. The highest BCUT2D eigenvalue weighted by Crippen LogP contribution is 2.01. The number of rotatable bonds is 16. The lowest BCUT2D eigenvalue weighted by Gasteiger charge is -1.91. The Hall–Kier alpha value is -2.00. The molecular weight excluding hydrogens is 336 g/mol. The van der Waals surface area contributed by atoms with Crippen LogP contribution in [-0.2, 0) is 9.59 Å². The van der Waals surface area contributed by atoms with Crippen LogP contribution in [0.5, 0.6) is 0 Å². The lowest BCUT2D eigenvalue weighted by atomic mass is 10.1. The van der Waals surface area contributed by atoms with E-state index in [1.165, 1.54) is 12.5 Å². The van der Waals surface area contributed by atoms with E-state index in [0.717, 1.165) is 76.8 Å². The van der Waals surface area contributed by atoms with Crippen molar-refractivity contribution in [3.8, 4) is 0 Å². The van der Waals surface area contributed by atoms with Gasteiger partial charge in [0, 0.05) is 6.42 Å². The molecule has 3 heteroatoms. The molecule has 0 aliphatic rings. The summed E-state index contributed by atoms with van der Waals surface area (Å²) >= 11 is 0. The van der Waals surface area contributed by atoms with Crippen molar-refractivity contribution in [1.82, 2.24) is 0 Å². The van der Waals surface area contributed by atoms with Crippen molar-refractivity contribution in [2.75, 3.05) is 6.61 Å². The molecule has 0 aliphatic heterocycles. The fourth-order valence-electron chi connectivity index (χ4n) is 1.80. The maximum Gasteiger partial charge on any atom is 0.142 e. The van der Waals surface area contributed by atoms with E-state index in [9.17, 15) is 9.59 Å². The molecule has 0 bridgehead atoms. The first-order valence-electron chi connectivity index (χ1n) is 9.87. The number of hydrogen-bond donors (Lipinski definition) is 1. The number of aliphatic hydroxyl groups excluding tert-OH is 1. The minimum atomic E-state index is 0.161. The predicted molar refractivity (Wildman–Crippen MR) is 119 cm³/mol. The van der Waals surface area contributed by atoms with Crippen LogP contribution in [0.25, 0.3) is 0 Å². The van der Waals surface area contributed by atoms with E-state index < -0.39 is 0 Å². The Labute approximate surface area is 167 Å². The molecule has 0 radical (unpaired) electrons. The molecule has 0 heterocycles. The van der Waals surface area contributed by atoms with Crippen LogP contribution < -0.4 is 0 Å². The van der Waals surface area contributed by atoms with Gasteiger partial charge < -0.3 is 9.90 Å². The Morgan fingerprint density at radius 1 is 0.593 bits per heavy atom. The van der Waals surface area contributed by atoms with E-state index >= 15 is 0 Å². The summed E-state index contributed by atoms with van der Waals surface area (Å²) in [6.07, 6.45) is 26.2. The van der Waals surface area contributed by atoms with Crippen molar-refractivity contribution in [2.24, 2.45) is 0 Å². The minimum absolute atomic E-state index is 0.161. The van der Waals surface area contributed by atoms with Gasteiger partial charge in [0.1, 0.15) is 12.6 Å². The zero-order chi connectivity index (χ0) is 20.8. The van der Waals surface area contributed by atoms with Crippen LogP contribution in [0.15, 0.2) is 62.3 Å². The summed E-state index contributed by atoms with van der Waals surface area (Å²) in [6, 6.07) is 0. The van der Waals surface area contributed by atoms with Crippen LogP contribution in [0.1, 0.15) is 70.6 Å². The summed E-state index contributed by atoms with van der Waals surface area (Å²) in [5.74, 6) is 0. The number of carbonyl (C=O) groups excluding carboxylic acids is 2. The lowest BCUT2D eigenvalue weighted by molar-refractivity contribution is -0.108. The molecule has 0 aliphatic carbocycles. The van der Waals surface area contributed by atoms with E-state index in [1.807, 2.05) is 30.4 Å². The first kappa shape index (κ1) is 29.8. The number of aldehydes is 2. The lowest BCUT2D eigenvalue weighted by Crippen LogP contribution is -1.76. The molecule has 0 fully saturated rings. The van der Waals surface area contributed by atoms with Crippen LogP contribution in [0.3, 0.4) is 0 Å². The van der Waals surface area contributed by atoms with Crippen molar-refractivity contribution >= 4 is 12.6 Å². The molecular formula is C24H40O3. The van der Waals surface area contributed by atoms with Crippen LogP contribution in [0.2, 0.25) is 0 Å². The standard InChI is InChI=1S/2C8H14O.C8H12O/c3*1-2-3-4-5-6-7-8-9/h2,8H,1,3-7H2;2,6-7,9H,1,3-5,8H2;2,6-8H,1,3-5H2. The van der Waals surface area contributed by atoms with Gasteiger partial charge in [0.2, 0.25) is 0 Å². The molecule has 0 saturated carbocycles. The van der Waals surface area contributed by atoms with Crippen molar-refractivity contribution in [1.29, 1.82) is 0 Å². The summed E-state index contributed by atoms with van der Waals surface area (Å²) in [6.45, 7) is 11.0. The summed E-state index contributed by atoms with van der Waals surface area (Å²) in [7, 11) is 0. The Morgan fingerprint density at radius 3 is 1.59 bits per heavy atom. The second kappa shape index (κ2) is 35.2. The summed E-state index contributed by atoms with van der Waals surface area (Å²) in [4.78, 5) is 19.5. The summed E-state index contributed by atoms with van der Waals surface area (Å²) in [5.41, 5.74) is 0. The average molecular weight is 377 g/mol. The number of carbonyl (C=O) groups is 2. The first-order chi connectivity index (χ1) is 13.2. The molecule has 0 aromatic heterocycles. The highest BCUT2D eigenvalue weighted by molar-refractivity contribution is 5.64. The maximum atomic E-state index is 9.82. The molecule has 0 aromatic rings. The molecule has 1 N–H and O–H groups in total. The largest absolute Gasteiger partial charge is 0.392 e. The van der Waals surface area contributed by atoms with E-state index in [2.05, 4.69) is 19.7 Å². The van der Waals surface area contributed by atoms with Gasteiger partial charge in [0.25, 0.3) is 0 Å². The fraction of sp³-hybridized carbons (Fsp3) is 0.500. The van der Waals surface area contributed by atoms with Crippen LogP contribution in [-0.4, -0.2) is 24.3 Å². The zero-order valence-corrected chi connectivity index (χ0v) is 17.1.